The average molecular weight is 376 g/mol. The van der Waals surface area contributed by atoms with Gasteiger partial charge < -0.3 is 0 Å². The van der Waals surface area contributed by atoms with Gasteiger partial charge in [0.25, 0.3) is 0 Å². The van der Waals surface area contributed by atoms with Gasteiger partial charge in [-0.25, -0.2) is 4.98 Å². The van der Waals surface area contributed by atoms with Crippen LogP contribution in [0.2, 0.25) is 0 Å². The number of nitrogens with zero attached hydrogens (tertiary/aromatic N) is 3. The van der Waals surface area contributed by atoms with Crippen LogP contribution in [0.15, 0.2) is 52.4 Å². The third-order valence-corrected chi connectivity index (χ3v) is 5.44. The fourth-order valence-corrected chi connectivity index (χ4v) is 3.83. The molecule has 1 aliphatic carbocycles. The van der Waals surface area contributed by atoms with Crippen molar-refractivity contribution >= 4 is 17.1 Å². The van der Waals surface area contributed by atoms with E-state index >= 15 is 0 Å². The zero-order valence-electron chi connectivity index (χ0n) is 18.0. The van der Waals surface area contributed by atoms with Gasteiger partial charge in [0.1, 0.15) is 0 Å². The van der Waals surface area contributed by atoms with Gasteiger partial charge in [-0.3, -0.25) is 9.98 Å². The van der Waals surface area contributed by atoms with Crippen molar-refractivity contribution in [2.45, 2.75) is 78.2 Å². The lowest BCUT2D eigenvalue weighted by Gasteiger charge is -2.21. The Kier molecular flexibility index (Phi) is 6.43. The molecule has 3 nitrogen and oxygen atoms in total. The summed E-state index contributed by atoms with van der Waals surface area (Å²) in [6, 6.07) is 15.0. The maximum Gasteiger partial charge on any atom is 0.0849 e. The summed E-state index contributed by atoms with van der Waals surface area (Å²) < 4.78 is 0. The molecule has 0 N–H and O–H groups in total. The van der Waals surface area contributed by atoms with E-state index in [9.17, 15) is 0 Å². The highest BCUT2D eigenvalue weighted by atomic mass is 14.9. The molecule has 148 valence electrons. The van der Waals surface area contributed by atoms with E-state index in [1.807, 2.05) is 19.1 Å². The summed E-state index contributed by atoms with van der Waals surface area (Å²) in [6.45, 7) is 10.8. The standard InChI is InChI=1S/C25H33N3/c1-18(26-20-12-7-6-8-13-20)22-16-11-17-23(28-22)19(2)27-24-15-10-9-14-21(24)25(3,4)5/h9-11,14-17,20H,6-8,12-13H2,1-5H3/b26-18?,27-19+. The Morgan fingerprint density at radius 2 is 1.50 bits per heavy atom. The number of pyridine rings is 1. The molecule has 1 saturated carbocycles. The lowest BCUT2D eigenvalue weighted by molar-refractivity contribution is 0.443. The molecule has 0 aliphatic heterocycles. The molecule has 0 radical (unpaired) electrons. The summed E-state index contributed by atoms with van der Waals surface area (Å²) in [5, 5.41) is 0. The number of hydrogen-bond donors (Lipinski definition) is 0. The Labute approximate surface area is 170 Å². The van der Waals surface area contributed by atoms with E-state index in [-0.39, 0.29) is 5.41 Å². The summed E-state index contributed by atoms with van der Waals surface area (Å²) >= 11 is 0. The molecule has 0 spiro atoms. The van der Waals surface area contributed by atoms with E-state index in [0.29, 0.717) is 6.04 Å². The quantitative estimate of drug-likeness (QED) is 0.550. The lowest BCUT2D eigenvalue weighted by Crippen LogP contribution is -2.13. The number of aliphatic imine (C=N–C) groups is 2. The minimum absolute atomic E-state index is 0.0545. The number of rotatable bonds is 4. The molecule has 1 aromatic heterocycles. The van der Waals surface area contributed by atoms with Crippen LogP contribution in [0.3, 0.4) is 0 Å². The first-order valence-electron chi connectivity index (χ1n) is 10.5. The molecule has 1 fully saturated rings. The lowest BCUT2D eigenvalue weighted by atomic mass is 9.86. The van der Waals surface area contributed by atoms with E-state index in [0.717, 1.165) is 28.5 Å². The van der Waals surface area contributed by atoms with E-state index in [2.05, 4.69) is 58.0 Å². The summed E-state index contributed by atoms with van der Waals surface area (Å²) in [4.78, 5) is 14.7. The van der Waals surface area contributed by atoms with Crippen molar-refractivity contribution < 1.29 is 0 Å². The maximum absolute atomic E-state index is 4.95. The molecule has 0 saturated heterocycles. The largest absolute Gasteiger partial charge is 0.284 e. The molecule has 1 heterocycles. The maximum atomic E-state index is 4.95. The predicted octanol–water partition coefficient (Wildman–Crippen LogP) is 6.66. The van der Waals surface area contributed by atoms with Gasteiger partial charge in [-0.1, -0.05) is 64.3 Å². The summed E-state index contributed by atoms with van der Waals surface area (Å²) in [6.07, 6.45) is 6.37. The molecular weight excluding hydrogens is 342 g/mol. The van der Waals surface area contributed by atoms with Crippen LogP contribution in [0.5, 0.6) is 0 Å². The third kappa shape index (κ3) is 5.15. The van der Waals surface area contributed by atoms with Crippen molar-refractivity contribution in [2.24, 2.45) is 9.98 Å². The Bertz CT molecular complexity index is 865. The van der Waals surface area contributed by atoms with Gasteiger partial charge in [0.05, 0.1) is 34.5 Å². The number of benzene rings is 1. The van der Waals surface area contributed by atoms with E-state index in [1.54, 1.807) is 0 Å². The molecule has 28 heavy (non-hydrogen) atoms. The molecule has 3 heteroatoms. The first-order valence-corrected chi connectivity index (χ1v) is 10.5. The number of para-hydroxylation sites is 1. The van der Waals surface area contributed by atoms with Gasteiger partial charge in [0.2, 0.25) is 0 Å². The van der Waals surface area contributed by atoms with Crippen LogP contribution in [0.25, 0.3) is 0 Å². The highest BCUT2D eigenvalue weighted by Gasteiger charge is 2.17. The number of aromatic nitrogens is 1. The van der Waals surface area contributed by atoms with Crippen molar-refractivity contribution in [3.05, 3.63) is 59.4 Å². The van der Waals surface area contributed by atoms with Crippen LogP contribution in [0.1, 0.15) is 83.7 Å². The van der Waals surface area contributed by atoms with Crippen molar-refractivity contribution in [3.63, 3.8) is 0 Å². The fourth-order valence-electron chi connectivity index (χ4n) is 3.83. The van der Waals surface area contributed by atoms with Gasteiger partial charge in [-0.15, -0.1) is 0 Å². The van der Waals surface area contributed by atoms with Crippen molar-refractivity contribution in [3.8, 4) is 0 Å². The van der Waals surface area contributed by atoms with Gasteiger partial charge in [0.15, 0.2) is 0 Å². The summed E-state index contributed by atoms with van der Waals surface area (Å²) in [7, 11) is 0. The highest BCUT2D eigenvalue weighted by Crippen LogP contribution is 2.31. The zero-order chi connectivity index (χ0) is 20.1. The van der Waals surface area contributed by atoms with Gasteiger partial charge >= 0.3 is 0 Å². The summed E-state index contributed by atoms with van der Waals surface area (Å²) in [5.41, 5.74) is 6.17. The van der Waals surface area contributed by atoms with Crippen LogP contribution in [0, 0.1) is 0 Å². The Morgan fingerprint density at radius 1 is 0.857 bits per heavy atom. The normalized spacial score (nSPS) is 17.0. The monoisotopic (exact) mass is 375 g/mol. The molecule has 0 bridgehead atoms. The topological polar surface area (TPSA) is 37.6 Å². The van der Waals surface area contributed by atoms with Crippen LogP contribution in [-0.2, 0) is 5.41 Å². The van der Waals surface area contributed by atoms with Crippen LogP contribution < -0.4 is 0 Å². The fraction of sp³-hybridized carbons (Fsp3) is 0.480. The van der Waals surface area contributed by atoms with Crippen LogP contribution in [-0.4, -0.2) is 22.4 Å². The average Bonchev–Trinajstić information content (AvgIpc) is 2.68. The van der Waals surface area contributed by atoms with Crippen LogP contribution >= 0.6 is 0 Å². The summed E-state index contributed by atoms with van der Waals surface area (Å²) in [5.74, 6) is 0. The second-order valence-corrected chi connectivity index (χ2v) is 8.88. The first kappa shape index (κ1) is 20.4. The Balaban J connectivity index is 1.88. The van der Waals surface area contributed by atoms with Crippen molar-refractivity contribution in [1.82, 2.24) is 4.98 Å². The molecule has 0 unspecified atom stereocenters. The molecule has 1 aromatic carbocycles. The minimum atomic E-state index is 0.0545. The minimum Gasteiger partial charge on any atom is -0.284 e. The molecule has 1 aliphatic rings. The third-order valence-electron chi connectivity index (χ3n) is 5.44. The molecular formula is C25H33N3. The Hall–Kier alpha value is -2.29. The molecule has 3 rings (SSSR count). The van der Waals surface area contributed by atoms with Crippen LogP contribution in [0.4, 0.5) is 5.69 Å². The first-order chi connectivity index (χ1) is 13.3. The van der Waals surface area contributed by atoms with Gasteiger partial charge in [-0.05, 0) is 55.9 Å². The SMILES string of the molecule is CC(=NC1CCCCC1)c1cccc(/C(C)=N/c2ccccc2C(C)(C)C)n1. The second-order valence-electron chi connectivity index (χ2n) is 8.88. The van der Waals surface area contributed by atoms with E-state index in [4.69, 9.17) is 15.0 Å². The van der Waals surface area contributed by atoms with Gasteiger partial charge in [0, 0.05) is 0 Å². The van der Waals surface area contributed by atoms with Crippen molar-refractivity contribution in [1.29, 1.82) is 0 Å². The Morgan fingerprint density at radius 3 is 2.18 bits per heavy atom. The molecule has 0 atom stereocenters. The van der Waals surface area contributed by atoms with Crippen molar-refractivity contribution in [2.75, 3.05) is 0 Å². The predicted molar refractivity (Wildman–Crippen MR) is 120 cm³/mol. The van der Waals surface area contributed by atoms with E-state index in [1.165, 1.54) is 37.7 Å². The molecule has 0 amide bonds. The number of hydrogen-bond acceptors (Lipinski definition) is 3. The molecule has 2 aromatic rings. The highest BCUT2D eigenvalue weighted by molar-refractivity contribution is 6.01. The zero-order valence-corrected chi connectivity index (χ0v) is 18.0. The van der Waals surface area contributed by atoms with Gasteiger partial charge in [-0.2, -0.15) is 0 Å². The smallest absolute Gasteiger partial charge is 0.0849 e. The second kappa shape index (κ2) is 8.81. The van der Waals surface area contributed by atoms with E-state index < -0.39 is 0 Å².